The van der Waals surface area contributed by atoms with E-state index in [9.17, 15) is 0 Å². The van der Waals surface area contributed by atoms with Gasteiger partial charge in [-0.1, -0.05) is 13.8 Å². The molecular weight excluding hydrogens is 218 g/mol. The molecule has 0 bridgehead atoms. The van der Waals surface area contributed by atoms with Crippen LogP contribution in [0, 0.1) is 11.8 Å². The molecular formula is C12H21N3S. The van der Waals surface area contributed by atoms with E-state index in [4.69, 9.17) is 5.73 Å². The maximum absolute atomic E-state index is 5.57. The zero-order valence-electron chi connectivity index (χ0n) is 10.1. The number of rotatable bonds is 3. The molecule has 2 rings (SSSR count). The Bertz CT molecular complexity index is 337. The van der Waals surface area contributed by atoms with E-state index in [0.29, 0.717) is 6.54 Å². The Labute approximate surface area is 102 Å². The lowest BCUT2D eigenvalue weighted by atomic mass is 9.89. The molecule has 16 heavy (non-hydrogen) atoms. The zero-order chi connectivity index (χ0) is 11.5. The third-order valence-corrected chi connectivity index (χ3v) is 4.50. The lowest BCUT2D eigenvalue weighted by Gasteiger charge is -2.34. The molecule has 2 unspecified atom stereocenters. The van der Waals surface area contributed by atoms with Gasteiger partial charge in [-0.25, -0.2) is 4.98 Å². The Morgan fingerprint density at radius 2 is 2.31 bits per heavy atom. The zero-order valence-corrected chi connectivity index (χ0v) is 11.0. The van der Waals surface area contributed by atoms with Gasteiger partial charge in [0.2, 0.25) is 0 Å². The third-order valence-electron chi connectivity index (χ3n) is 3.58. The van der Waals surface area contributed by atoms with Gasteiger partial charge >= 0.3 is 0 Å². The second kappa shape index (κ2) is 5.25. The number of likely N-dealkylation sites (tertiary alicyclic amines) is 1. The Kier molecular flexibility index (Phi) is 3.95. The molecule has 0 saturated carbocycles. The fourth-order valence-electron chi connectivity index (χ4n) is 2.24. The summed E-state index contributed by atoms with van der Waals surface area (Å²) in [5, 5.41) is 3.19. The van der Waals surface area contributed by atoms with E-state index in [1.807, 2.05) is 0 Å². The normalized spacial score (nSPS) is 27.2. The van der Waals surface area contributed by atoms with Gasteiger partial charge in [0.05, 0.1) is 5.69 Å². The van der Waals surface area contributed by atoms with E-state index >= 15 is 0 Å². The number of nitrogens with zero attached hydrogens (tertiary/aromatic N) is 2. The topological polar surface area (TPSA) is 42.1 Å². The Balaban J connectivity index is 1.90. The smallest absolute Gasteiger partial charge is 0.106 e. The summed E-state index contributed by atoms with van der Waals surface area (Å²) in [7, 11) is 0. The van der Waals surface area contributed by atoms with Crippen LogP contribution in [0.1, 0.15) is 31.0 Å². The van der Waals surface area contributed by atoms with Crippen molar-refractivity contribution in [3.05, 3.63) is 16.1 Å². The predicted molar refractivity (Wildman–Crippen MR) is 68.2 cm³/mol. The fourth-order valence-corrected chi connectivity index (χ4v) is 2.90. The SMILES string of the molecule is CC1CCN(Cc2csc(CN)n2)CC1C. The van der Waals surface area contributed by atoms with Gasteiger partial charge in [0, 0.05) is 25.0 Å². The quantitative estimate of drug-likeness (QED) is 0.878. The van der Waals surface area contributed by atoms with Gasteiger partial charge in [-0.2, -0.15) is 0 Å². The Morgan fingerprint density at radius 3 is 2.94 bits per heavy atom. The molecule has 1 aromatic heterocycles. The molecule has 1 aliphatic rings. The van der Waals surface area contributed by atoms with Gasteiger partial charge < -0.3 is 5.73 Å². The van der Waals surface area contributed by atoms with Crippen LogP contribution in [0.3, 0.4) is 0 Å². The Hall–Kier alpha value is -0.450. The monoisotopic (exact) mass is 239 g/mol. The standard InChI is InChI=1S/C12H21N3S/c1-9-3-4-15(6-10(9)2)7-11-8-16-12(5-13)14-11/h8-10H,3-7,13H2,1-2H3. The van der Waals surface area contributed by atoms with Gasteiger partial charge in [-0.05, 0) is 24.8 Å². The van der Waals surface area contributed by atoms with Crippen molar-refractivity contribution in [2.75, 3.05) is 13.1 Å². The van der Waals surface area contributed by atoms with Crippen LogP contribution >= 0.6 is 11.3 Å². The van der Waals surface area contributed by atoms with Crippen molar-refractivity contribution < 1.29 is 0 Å². The fraction of sp³-hybridized carbons (Fsp3) is 0.750. The van der Waals surface area contributed by atoms with Gasteiger partial charge in [-0.3, -0.25) is 4.90 Å². The molecule has 2 atom stereocenters. The summed E-state index contributed by atoms with van der Waals surface area (Å²) in [4.78, 5) is 7.03. The minimum absolute atomic E-state index is 0.568. The molecule has 2 heterocycles. The van der Waals surface area contributed by atoms with Crippen LogP contribution in [-0.2, 0) is 13.1 Å². The second-order valence-corrected chi connectivity index (χ2v) is 5.86. The lowest BCUT2D eigenvalue weighted by molar-refractivity contribution is 0.131. The van der Waals surface area contributed by atoms with Crippen LogP contribution in [0.2, 0.25) is 0 Å². The summed E-state index contributed by atoms with van der Waals surface area (Å²) in [6.07, 6.45) is 1.31. The first-order valence-electron chi connectivity index (χ1n) is 6.04. The van der Waals surface area contributed by atoms with E-state index in [0.717, 1.165) is 23.4 Å². The van der Waals surface area contributed by atoms with E-state index in [2.05, 4.69) is 29.1 Å². The first-order valence-corrected chi connectivity index (χ1v) is 6.92. The average Bonchev–Trinajstić information content (AvgIpc) is 2.71. The lowest BCUT2D eigenvalue weighted by Crippen LogP contribution is -2.37. The first-order chi connectivity index (χ1) is 7.69. The highest BCUT2D eigenvalue weighted by atomic mass is 32.1. The molecule has 1 saturated heterocycles. The molecule has 1 fully saturated rings. The third kappa shape index (κ3) is 2.81. The van der Waals surface area contributed by atoms with Crippen molar-refractivity contribution >= 4 is 11.3 Å². The van der Waals surface area contributed by atoms with Crippen molar-refractivity contribution in [3.63, 3.8) is 0 Å². The molecule has 4 heteroatoms. The molecule has 0 spiro atoms. The van der Waals surface area contributed by atoms with Crippen molar-refractivity contribution in [3.8, 4) is 0 Å². The van der Waals surface area contributed by atoms with Crippen molar-refractivity contribution in [2.45, 2.75) is 33.4 Å². The Morgan fingerprint density at radius 1 is 1.50 bits per heavy atom. The number of aromatic nitrogens is 1. The highest BCUT2D eigenvalue weighted by Crippen LogP contribution is 2.23. The largest absolute Gasteiger partial charge is 0.325 e. The van der Waals surface area contributed by atoms with E-state index in [1.165, 1.54) is 25.2 Å². The number of hydrogen-bond donors (Lipinski definition) is 1. The first kappa shape index (κ1) is 12.0. The second-order valence-electron chi connectivity index (χ2n) is 4.92. The van der Waals surface area contributed by atoms with Crippen LogP contribution in [-0.4, -0.2) is 23.0 Å². The summed E-state index contributed by atoms with van der Waals surface area (Å²) >= 11 is 1.68. The van der Waals surface area contributed by atoms with Crippen LogP contribution in [0.25, 0.3) is 0 Å². The summed E-state index contributed by atoms with van der Waals surface area (Å²) in [5.41, 5.74) is 6.76. The van der Waals surface area contributed by atoms with Crippen LogP contribution in [0.5, 0.6) is 0 Å². The molecule has 0 radical (unpaired) electrons. The molecule has 0 amide bonds. The van der Waals surface area contributed by atoms with Gasteiger partial charge in [0.1, 0.15) is 5.01 Å². The molecule has 1 aromatic rings. The molecule has 0 aliphatic carbocycles. The summed E-state index contributed by atoms with van der Waals surface area (Å²) < 4.78 is 0. The minimum Gasteiger partial charge on any atom is -0.325 e. The van der Waals surface area contributed by atoms with Crippen molar-refractivity contribution in [1.29, 1.82) is 0 Å². The van der Waals surface area contributed by atoms with Gasteiger partial charge in [-0.15, -0.1) is 11.3 Å². The summed E-state index contributed by atoms with van der Waals surface area (Å²) in [6, 6.07) is 0. The van der Waals surface area contributed by atoms with Crippen molar-refractivity contribution in [2.24, 2.45) is 17.6 Å². The number of nitrogens with two attached hydrogens (primary N) is 1. The molecule has 2 N–H and O–H groups in total. The van der Waals surface area contributed by atoms with Crippen LogP contribution in [0.4, 0.5) is 0 Å². The highest BCUT2D eigenvalue weighted by Gasteiger charge is 2.22. The van der Waals surface area contributed by atoms with E-state index in [1.54, 1.807) is 11.3 Å². The number of hydrogen-bond acceptors (Lipinski definition) is 4. The maximum atomic E-state index is 5.57. The minimum atomic E-state index is 0.568. The maximum Gasteiger partial charge on any atom is 0.106 e. The molecule has 0 aromatic carbocycles. The van der Waals surface area contributed by atoms with Crippen LogP contribution in [0.15, 0.2) is 5.38 Å². The van der Waals surface area contributed by atoms with Gasteiger partial charge in [0.25, 0.3) is 0 Å². The average molecular weight is 239 g/mol. The number of piperidine rings is 1. The number of thiazole rings is 1. The predicted octanol–water partition coefficient (Wildman–Crippen LogP) is 2.08. The summed E-state index contributed by atoms with van der Waals surface area (Å²) in [6.45, 7) is 8.68. The molecule has 90 valence electrons. The van der Waals surface area contributed by atoms with Crippen LogP contribution < -0.4 is 5.73 Å². The highest BCUT2D eigenvalue weighted by molar-refractivity contribution is 7.09. The van der Waals surface area contributed by atoms with E-state index < -0.39 is 0 Å². The molecule has 3 nitrogen and oxygen atoms in total. The summed E-state index contributed by atoms with van der Waals surface area (Å²) in [5.74, 6) is 1.67. The molecule has 1 aliphatic heterocycles. The van der Waals surface area contributed by atoms with Gasteiger partial charge in [0.15, 0.2) is 0 Å². The van der Waals surface area contributed by atoms with Crippen molar-refractivity contribution in [1.82, 2.24) is 9.88 Å². The van der Waals surface area contributed by atoms with E-state index in [-0.39, 0.29) is 0 Å².